The Hall–Kier alpha value is -4.03. The fraction of sp³-hybridized carbons (Fsp3) is 0.200. The molecule has 0 N–H and O–H groups in total. The largest absolute Gasteiger partial charge is 0.484 e. The first-order valence-corrected chi connectivity index (χ1v) is 12.8. The summed E-state index contributed by atoms with van der Waals surface area (Å²) in [5.41, 5.74) is 3.59. The third-order valence-corrected chi connectivity index (χ3v) is 7.11. The van der Waals surface area contributed by atoms with Crippen LogP contribution in [0, 0.1) is 0 Å². The van der Waals surface area contributed by atoms with Gasteiger partial charge in [0.25, 0.3) is 5.91 Å². The summed E-state index contributed by atoms with van der Waals surface area (Å²) >= 11 is 6.38. The van der Waals surface area contributed by atoms with Crippen LogP contribution in [0.1, 0.15) is 30.1 Å². The van der Waals surface area contributed by atoms with E-state index in [-0.39, 0.29) is 37.0 Å². The molecule has 0 bridgehead atoms. The number of fused-ring (bicyclic) bond motifs is 3. The Morgan fingerprint density at radius 2 is 1.65 bits per heavy atom. The normalized spacial score (nSPS) is 16.0. The summed E-state index contributed by atoms with van der Waals surface area (Å²) in [6.45, 7) is -0.126. The van der Waals surface area contributed by atoms with E-state index in [2.05, 4.69) is 4.57 Å². The van der Waals surface area contributed by atoms with Gasteiger partial charge in [-0.15, -0.1) is 0 Å². The van der Waals surface area contributed by atoms with Crippen LogP contribution in [0.5, 0.6) is 5.75 Å². The zero-order chi connectivity index (χ0) is 25.4. The van der Waals surface area contributed by atoms with Gasteiger partial charge in [-0.25, -0.2) is 0 Å². The molecule has 1 aliphatic heterocycles. The molecule has 6 nitrogen and oxygen atoms in total. The van der Waals surface area contributed by atoms with Gasteiger partial charge in [0.1, 0.15) is 18.3 Å². The molecule has 1 saturated carbocycles. The Morgan fingerprint density at radius 1 is 0.892 bits per heavy atom. The number of carbonyl (C=O) groups is 2. The van der Waals surface area contributed by atoms with Gasteiger partial charge in [0.2, 0.25) is 5.91 Å². The van der Waals surface area contributed by atoms with Crippen molar-refractivity contribution >= 4 is 29.1 Å². The summed E-state index contributed by atoms with van der Waals surface area (Å²) in [5, 5.41) is 0.606. The Labute approximate surface area is 220 Å². The van der Waals surface area contributed by atoms with Gasteiger partial charge in [0.15, 0.2) is 6.61 Å². The standard InChI is InChI=1S/C30H26ClN3O3/c31-22-9-6-8-21(18-22)30-27-14-7-17-32(27)25-12-4-5-13-26(25)34(30)28(35)19-33(23-15-16-23)29(36)20-37-24-10-2-1-3-11-24/h1-14,17-18,23,30H,15-16,19-20H2. The quantitative estimate of drug-likeness (QED) is 0.323. The third kappa shape index (κ3) is 4.60. The summed E-state index contributed by atoms with van der Waals surface area (Å²) in [6, 6.07) is 28.4. The van der Waals surface area contributed by atoms with Gasteiger partial charge < -0.3 is 14.2 Å². The first-order chi connectivity index (χ1) is 18.1. The molecule has 3 aromatic carbocycles. The molecule has 1 atom stereocenters. The van der Waals surface area contributed by atoms with E-state index in [1.165, 1.54) is 0 Å². The molecule has 1 unspecified atom stereocenters. The van der Waals surface area contributed by atoms with Gasteiger partial charge in [-0.1, -0.05) is 54.1 Å². The van der Waals surface area contributed by atoms with E-state index in [0.717, 1.165) is 35.5 Å². The summed E-state index contributed by atoms with van der Waals surface area (Å²) in [6.07, 6.45) is 3.79. The molecule has 0 saturated heterocycles. The Balaban J connectivity index is 1.33. The number of amides is 2. The van der Waals surface area contributed by atoms with Crippen LogP contribution in [-0.4, -0.2) is 40.5 Å². The van der Waals surface area contributed by atoms with Crippen molar-refractivity contribution in [1.29, 1.82) is 0 Å². The zero-order valence-corrected chi connectivity index (χ0v) is 20.9. The number of benzene rings is 3. The second kappa shape index (κ2) is 9.79. The minimum absolute atomic E-state index is 0.0201. The van der Waals surface area contributed by atoms with Crippen molar-refractivity contribution < 1.29 is 14.3 Å². The second-order valence-electron chi connectivity index (χ2n) is 9.37. The SMILES string of the molecule is O=C(COc1ccccc1)N(CC(=O)N1c2ccccc2-n2cccc2C1c1cccc(Cl)c1)C1CC1. The molecule has 2 aliphatic rings. The number of anilines is 1. The molecule has 1 aromatic heterocycles. The molecule has 4 aromatic rings. The average Bonchev–Trinajstić information content (AvgIpc) is 3.65. The fourth-order valence-corrected chi connectivity index (χ4v) is 5.23. The summed E-state index contributed by atoms with van der Waals surface area (Å²) < 4.78 is 7.83. The highest BCUT2D eigenvalue weighted by Crippen LogP contribution is 2.43. The van der Waals surface area contributed by atoms with E-state index in [9.17, 15) is 9.59 Å². The molecule has 2 heterocycles. The third-order valence-electron chi connectivity index (χ3n) is 6.87. The molecule has 0 spiro atoms. The monoisotopic (exact) mass is 511 g/mol. The van der Waals surface area contributed by atoms with Crippen molar-refractivity contribution in [2.75, 3.05) is 18.1 Å². The van der Waals surface area contributed by atoms with Crippen molar-refractivity contribution in [3.63, 3.8) is 0 Å². The summed E-state index contributed by atoms with van der Waals surface area (Å²) in [7, 11) is 0. The van der Waals surface area contributed by atoms with Crippen LogP contribution in [0.4, 0.5) is 5.69 Å². The Bertz CT molecular complexity index is 1450. The number of nitrogens with zero attached hydrogens (tertiary/aromatic N) is 3. The van der Waals surface area contributed by atoms with Crippen LogP contribution in [0.2, 0.25) is 5.02 Å². The number of rotatable bonds is 7. The maximum Gasteiger partial charge on any atom is 0.261 e. The van der Waals surface area contributed by atoms with Crippen LogP contribution in [-0.2, 0) is 9.59 Å². The molecular weight excluding hydrogens is 486 g/mol. The number of para-hydroxylation sites is 3. The van der Waals surface area contributed by atoms with Crippen molar-refractivity contribution in [2.24, 2.45) is 0 Å². The lowest BCUT2D eigenvalue weighted by atomic mass is 9.97. The maximum atomic E-state index is 14.1. The molecule has 1 aliphatic carbocycles. The van der Waals surface area contributed by atoms with Crippen molar-refractivity contribution in [2.45, 2.75) is 24.9 Å². The van der Waals surface area contributed by atoms with E-state index < -0.39 is 0 Å². The minimum atomic E-state index is -0.382. The smallest absolute Gasteiger partial charge is 0.261 e. The van der Waals surface area contributed by atoms with Gasteiger partial charge in [-0.3, -0.25) is 14.5 Å². The summed E-state index contributed by atoms with van der Waals surface area (Å²) in [4.78, 5) is 30.8. The molecule has 7 heteroatoms. The number of carbonyl (C=O) groups excluding carboxylic acids is 2. The lowest BCUT2D eigenvalue weighted by Gasteiger charge is -2.39. The molecular formula is C30H26ClN3O3. The number of aromatic nitrogens is 1. The van der Waals surface area contributed by atoms with Crippen LogP contribution < -0.4 is 9.64 Å². The molecule has 186 valence electrons. The fourth-order valence-electron chi connectivity index (χ4n) is 5.03. The van der Waals surface area contributed by atoms with Gasteiger partial charge in [0, 0.05) is 17.3 Å². The van der Waals surface area contributed by atoms with Crippen molar-refractivity contribution in [3.8, 4) is 11.4 Å². The zero-order valence-electron chi connectivity index (χ0n) is 20.2. The van der Waals surface area contributed by atoms with Crippen LogP contribution >= 0.6 is 11.6 Å². The Kier molecular flexibility index (Phi) is 6.18. The van der Waals surface area contributed by atoms with Gasteiger partial charge >= 0.3 is 0 Å². The lowest BCUT2D eigenvalue weighted by Crippen LogP contribution is -2.48. The van der Waals surface area contributed by atoms with Crippen molar-refractivity contribution in [3.05, 3.63) is 113 Å². The van der Waals surface area contributed by atoms with Gasteiger partial charge in [-0.2, -0.15) is 0 Å². The van der Waals surface area contributed by atoms with Crippen LogP contribution in [0.15, 0.2) is 97.2 Å². The minimum Gasteiger partial charge on any atom is -0.484 e. The predicted octanol–water partition coefficient (Wildman–Crippen LogP) is 5.64. The Morgan fingerprint density at radius 3 is 2.41 bits per heavy atom. The highest BCUT2D eigenvalue weighted by molar-refractivity contribution is 6.30. The lowest BCUT2D eigenvalue weighted by molar-refractivity contribution is -0.137. The maximum absolute atomic E-state index is 14.1. The highest BCUT2D eigenvalue weighted by atomic mass is 35.5. The van der Waals surface area contributed by atoms with E-state index in [1.807, 2.05) is 102 Å². The summed E-state index contributed by atoms with van der Waals surface area (Å²) in [5.74, 6) is 0.294. The second-order valence-corrected chi connectivity index (χ2v) is 9.80. The first kappa shape index (κ1) is 23.4. The topological polar surface area (TPSA) is 54.8 Å². The number of hydrogen-bond acceptors (Lipinski definition) is 3. The molecule has 1 fully saturated rings. The van der Waals surface area contributed by atoms with E-state index >= 15 is 0 Å². The average molecular weight is 512 g/mol. The predicted molar refractivity (Wildman–Crippen MR) is 143 cm³/mol. The number of halogens is 1. The first-order valence-electron chi connectivity index (χ1n) is 12.4. The molecule has 6 rings (SSSR count). The highest BCUT2D eigenvalue weighted by Gasteiger charge is 2.40. The molecule has 2 amide bonds. The molecule has 0 radical (unpaired) electrons. The van der Waals surface area contributed by atoms with Gasteiger partial charge in [0.05, 0.1) is 17.1 Å². The van der Waals surface area contributed by atoms with E-state index in [1.54, 1.807) is 4.90 Å². The van der Waals surface area contributed by atoms with Crippen molar-refractivity contribution in [1.82, 2.24) is 9.47 Å². The van der Waals surface area contributed by atoms with E-state index in [4.69, 9.17) is 16.3 Å². The number of hydrogen-bond donors (Lipinski definition) is 0. The van der Waals surface area contributed by atoms with Crippen LogP contribution in [0.3, 0.4) is 0 Å². The van der Waals surface area contributed by atoms with Gasteiger partial charge in [-0.05, 0) is 66.9 Å². The van der Waals surface area contributed by atoms with Crippen LogP contribution in [0.25, 0.3) is 5.69 Å². The molecule has 37 heavy (non-hydrogen) atoms. The number of ether oxygens (including phenoxy) is 1. The van der Waals surface area contributed by atoms with E-state index in [0.29, 0.717) is 10.8 Å².